The van der Waals surface area contributed by atoms with Gasteiger partial charge in [0.1, 0.15) is 0 Å². The van der Waals surface area contributed by atoms with Crippen LogP contribution >= 0.6 is 0 Å². The maximum atomic E-state index is 12.0. The minimum atomic E-state index is -5.08. The average molecular weight is 417 g/mol. The van der Waals surface area contributed by atoms with Gasteiger partial charge in [0.25, 0.3) is 0 Å². The second kappa shape index (κ2) is 8.74. The summed E-state index contributed by atoms with van der Waals surface area (Å²) in [6.45, 7) is 6.88. The smallest absolute Gasteiger partial charge is 0.475 e. The topological polar surface area (TPSA) is 107 Å². The zero-order valence-electron chi connectivity index (χ0n) is 15.7. The van der Waals surface area contributed by atoms with Crippen LogP contribution in [0.4, 0.5) is 13.2 Å². The van der Waals surface area contributed by atoms with Crippen molar-refractivity contribution in [2.45, 2.75) is 51.5 Å². The van der Waals surface area contributed by atoms with Crippen LogP contribution in [-0.4, -0.2) is 84.8 Å². The van der Waals surface area contributed by atoms with Gasteiger partial charge in [0, 0.05) is 32.2 Å². The van der Waals surface area contributed by atoms with Crippen LogP contribution in [0.15, 0.2) is 0 Å². The molecule has 0 unspecified atom stereocenters. The fourth-order valence-corrected chi connectivity index (χ4v) is 4.75. The summed E-state index contributed by atoms with van der Waals surface area (Å²) in [6, 6.07) is 0.275. The van der Waals surface area contributed by atoms with Gasteiger partial charge in [-0.15, -0.1) is 0 Å². The van der Waals surface area contributed by atoms with Crippen LogP contribution in [0.25, 0.3) is 0 Å². The first-order valence-electron chi connectivity index (χ1n) is 8.53. The lowest BCUT2D eigenvalue weighted by Gasteiger charge is -2.32. The molecule has 2 rings (SSSR count). The Balaban J connectivity index is 0.000000445. The highest BCUT2D eigenvalue weighted by Crippen LogP contribution is 2.38. The Morgan fingerprint density at radius 2 is 1.78 bits per heavy atom. The minimum Gasteiger partial charge on any atom is -0.475 e. The molecule has 2 fully saturated rings. The van der Waals surface area contributed by atoms with Crippen molar-refractivity contribution in [2.24, 2.45) is 5.92 Å². The highest BCUT2D eigenvalue weighted by molar-refractivity contribution is 7.89. The zero-order chi connectivity index (χ0) is 21.2. The number of halogens is 3. The van der Waals surface area contributed by atoms with Crippen molar-refractivity contribution in [2.75, 3.05) is 25.9 Å². The molecule has 3 atom stereocenters. The first kappa shape index (κ1) is 23.6. The first-order chi connectivity index (χ1) is 12.3. The van der Waals surface area contributed by atoms with Crippen LogP contribution in [0.5, 0.6) is 0 Å². The number of aliphatic carboxylic acids is 1. The van der Waals surface area contributed by atoms with Crippen molar-refractivity contribution in [1.29, 1.82) is 0 Å². The van der Waals surface area contributed by atoms with Gasteiger partial charge in [-0.05, 0) is 33.1 Å². The molecule has 12 heteroatoms. The Morgan fingerprint density at radius 1 is 1.26 bits per heavy atom. The van der Waals surface area contributed by atoms with Crippen LogP contribution in [0.3, 0.4) is 0 Å². The van der Waals surface area contributed by atoms with Crippen molar-refractivity contribution in [3.63, 3.8) is 0 Å². The van der Waals surface area contributed by atoms with E-state index in [4.69, 9.17) is 9.90 Å². The summed E-state index contributed by atoms with van der Waals surface area (Å²) in [5, 5.41) is 9.85. The lowest BCUT2D eigenvalue weighted by atomic mass is 10.0. The standard InChI is InChI=1S/C13H25N3O3S.C2HF3O2/c1-5-20(18,19)15-7-10-6-11(13(17)14-4)16(9(2)3)12(10)8-15;3-2(4,5)1(6)7/h9-12H,5-8H2,1-4H3,(H,14,17);(H,6,7)/t10-,11-,12+;/m0./s1. The van der Waals surface area contributed by atoms with Gasteiger partial charge in [-0.3, -0.25) is 9.69 Å². The molecule has 8 nitrogen and oxygen atoms in total. The summed E-state index contributed by atoms with van der Waals surface area (Å²) in [7, 11) is -1.47. The second-order valence-corrected chi connectivity index (χ2v) is 9.01. The Labute approximate surface area is 156 Å². The van der Waals surface area contributed by atoms with E-state index in [0.717, 1.165) is 6.42 Å². The molecule has 0 radical (unpaired) electrons. The van der Waals surface area contributed by atoms with Crippen LogP contribution < -0.4 is 5.32 Å². The number of hydrogen-bond acceptors (Lipinski definition) is 5. The molecule has 0 bridgehead atoms. The molecule has 27 heavy (non-hydrogen) atoms. The molecule has 158 valence electrons. The number of rotatable bonds is 4. The number of fused-ring (bicyclic) bond motifs is 1. The van der Waals surface area contributed by atoms with Crippen molar-refractivity contribution in [3.8, 4) is 0 Å². The molecule has 1 amide bonds. The van der Waals surface area contributed by atoms with Crippen LogP contribution in [0.1, 0.15) is 27.2 Å². The third kappa shape index (κ3) is 5.55. The summed E-state index contributed by atoms with van der Waals surface area (Å²) < 4.78 is 57.3. The Bertz CT molecular complexity index is 654. The van der Waals surface area contributed by atoms with Crippen molar-refractivity contribution < 1.29 is 36.3 Å². The summed E-state index contributed by atoms with van der Waals surface area (Å²) >= 11 is 0. The molecule has 0 aromatic heterocycles. The second-order valence-electron chi connectivity index (χ2n) is 6.75. The van der Waals surface area contributed by atoms with Gasteiger partial charge in [-0.2, -0.15) is 13.2 Å². The highest BCUT2D eigenvalue weighted by atomic mass is 32.2. The Morgan fingerprint density at radius 3 is 2.15 bits per heavy atom. The number of nitrogens with one attached hydrogen (secondary N) is 1. The zero-order valence-corrected chi connectivity index (χ0v) is 16.5. The predicted octanol–water partition coefficient (Wildman–Crippen LogP) is 0.499. The summed E-state index contributed by atoms with van der Waals surface area (Å²) in [5.41, 5.74) is 0. The Kier molecular flexibility index (Phi) is 7.65. The van der Waals surface area contributed by atoms with Crippen LogP contribution in [0, 0.1) is 5.92 Å². The monoisotopic (exact) mass is 417 g/mol. The molecule has 2 saturated heterocycles. The van der Waals surface area contributed by atoms with E-state index >= 15 is 0 Å². The fraction of sp³-hybridized carbons (Fsp3) is 0.867. The fourth-order valence-electron chi connectivity index (χ4n) is 3.59. The van der Waals surface area contributed by atoms with Gasteiger partial charge in [-0.25, -0.2) is 17.5 Å². The number of alkyl halides is 3. The quantitative estimate of drug-likeness (QED) is 0.690. The lowest BCUT2D eigenvalue weighted by molar-refractivity contribution is -0.192. The van der Waals surface area contributed by atoms with Gasteiger partial charge in [0.2, 0.25) is 15.9 Å². The molecule has 2 heterocycles. The maximum absolute atomic E-state index is 12.0. The molecule has 0 aliphatic carbocycles. The summed E-state index contributed by atoms with van der Waals surface area (Å²) in [4.78, 5) is 23.1. The van der Waals surface area contributed by atoms with Crippen LogP contribution in [-0.2, 0) is 19.6 Å². The molecule has 0 aromatic rings. The summed E-state index contributed by atoms with van der Waals surface area (Å²) in [5.74, 6) is -2.31. The minimum absolute atomic E-state index is 0.0398. The van der Waals surface area contributed by atoms with Gasteiger partial charge in [-0.1, -0.05) is 0 Å². The number of hydrogen-bond donors (Lipinski definition) is 2. The predicted molar refractivity (Wildman–Crippen MR) is 91.4 cm³/mol. The molecular formula is C15H26F3N3O5S. The van der Waals surface area contributed by atoms with E-state index in [1.165, 1.54) is 0 Å². The van der Waals surface area contributed by atoms with Gasteiger partial charge < -0.3 is 10.4 Å². The van der Waals surface area contributed by atoms with E-state index in [9.17, 15) is 26.4 Å². The normalized spacial score (nSPS) is 26.4. The molecular weight excluding hydrogens is 391 g/mol. The van der Waals surface area contributed by atoms with E-state index in [-0.39, 0.29) is 35.7 Å². The SMILES string of the molecule is CCS(=O)(=O)N1C[C@@H]2C[C@@H](C(=O)NC)N(C(C)C)[C@@H]2C1.O=C(O)C(F)(F)F. The number of carboxylic acids is 1. The van der Waals surface area contributed by atoms with E-state index in [1.807, 2.05) is 0 Å². The molecule has 0 saturated carbocycles. The molecule has 2 aliphatic rings. The average Bonchev–Trinajstić information content (AvgIpc) is 3.11. The lowest BCUT2D eigenvalue weighted by Crippen LogP contribution is -2.50. The van der Waals surface area contributed by atoms with Gasteiger partial charge in [0.05, 0.1) is 11.8 Å². The molecule has 2 aliphatic heterocycles. The van der Waals surface area contributed by atoms with E-state index in [0.29, 0.717) is 13.1 Å². The van der Waals surface area contributed by atoms with E-state index in [1.54, 1.807) is 18.3 Å². The number of carbonyl (C=O) groups is 2. The summed E-state index contributed by atoms with van der Waals surface area (Å²) in [6.07, 6.45) is -4.34. The molecule has 2 N–H and O–H groups in total. The first-order valence-corrected chi connectivity index (χ1v) is 10.1. The number of carboxylic acid groups (broad SMARTS) is 1. The highest BCUT2D eigenvalue weighted by Gasteiger charge is 2.51. The third-order valence-corrected chi connectivity index (χ3v) is 6.60. The van der Waals surface area contributed by atoms with E-state index in [2.05, 4.69) is 24.1 Å². The maximum Gasteiger partial charge on any atom is 0.490 e. The van der Waals surface area contributed by atoms with E-state index < -0.39 is 22.2 Å². The van der Waals surface area contributed by atoms with Crippen molar-refractivity contribution in [1.82, 2.24) is 14.5 Å². The van der Waals surface area contributed by atoms with Gasteiger partial charge in [0.15, 0.2) is 0 Å². The van der Waals surface area contributed by atoms with Crippen LogP contribution in [0.2, 0.25) is 0 Å². The van der Waals surface area contributed by atoms with Gasteiger partial charge >= 0.3 is 12.1 Å². The largest absolute Gasteiger partial charge is 0.490 e. The number of carbonyl (C=O) groups excluding carboxylic acids is 1. The third-order valence-electron chi connectivity index (χ3n) is 4.79. The molecule has 0 spiro atoms. The number of sulfonamides is 1. The number of amides is 1. The number of likely N-dealkylation sites (N-methyl/N-ethyl adjacent to an activating group) is 1. The Hall–Kier alpha value is -1.40. The number of nitrogens with zero attached hydrogens (tertiary/aromatic N) is 2. The van der Waals surface area contributed by atoms with Crippen molar-refractivity contribution >= 4 is 21.9 Å². The molecule has 0 aromatic carbocycles. The van der Waals surface area contributed by atoms with Crippen molar-refractivity contribution in [3.05, 3.63) is 0 Å². The number of likely N-dealkylation sites (tertiary alicyclic amines) is 1.